The number of likely N-dealkylation sites (tertiary alicyclic amines) is 1. The van der Waals surface area contributed by atoms with Crippen molar-refractivity contribution in [3.63, 3.8) is 0 Å². The van der Waals surface area contributed by atoms with Crippen LogP contribution in [0.4, 0.5) is 0 Å². The molecule has 1 heterocycles. The summed E-state index contributed by atoms with van der Waals surface area (Å²) in [5.41, 5.74) is 40.6. The molecular weight excluding hydrogens is 969 g/mol. The van der Waals surface area contributed by atoms with Crippen molar-refractivity contribution in [3.05, 3.63) is 35.9 Å². The van der Waals surface area contributed by atoms with E-state index in [0.29, 0.717) is 51.6 Å². The average molecular weight is 1060 g/mol. The number of unbranched alkanes of at least 4 members (excludes halogenated alkanes) is 2. The molecule has 422 valence electrons. The second-order valence-electron chi connectivity index (χ2n) is 19.6. The molecule has 21 N–H and O–H groups in total. The van der Waals surface area contributed by atoms with Crippen LogP contribution in [0.3, 0.4) is 0 Å². The number of nitrogens with two attached hydrogens (primary N) is 7. The minimum Gasteiger partial charge on any atom is -0.480 e. The first-order valence-electron chi connectivity index (χ1n) is 26.3. The molecular formula is C50H88N16O9. The van der Waals surface area contributed by atoms with Gasteiger partial charge in [-0.1, -0.05) is 64.4 Å². The highest BCUT2D eigenvalue weighted by Gasteiger charge is 2.41. The van der Waals surface area contributed by atoms with E-state index in [1.165, 1.54) is 4.90 Å². The van der Waals surface area contributed by atoms with Crippen molar-refractivity contribution in [2.45, 2.75) is 172 Å². The molecule has 1 saturated heterocycles. The van der Waals surface area contributed by atoms with Crippen molar-refractivity contribution in [1.82, 2.24) is 36.8 Å². The Kier molecular flexibility index (Phi) is 29.9. The lowest BCUT2D eigenvalue weighted by molar-refractivity contribution is -0.143. The number of hydrogen-bond acceptors (Lipinski definition) is 13. The normalized spacial score (nSPS) is 16.4. The predicted molar refractivity (Wildman–Crippen MR) is 287 cm³/mol. The van der Waals surface area contributed by atoms with Crippen LogP contribution in [-0.4, -0.2) is 150 Å². The molecule has 25 heteroatoms. The molecule has 1 aliphatic rings. The summed E-state index contributed by atoms with van der Waals surface area (Å²) in [4.78, 5) is 120. The summed E-state index contributed by atoms with van der Waals surface area (Å²) in [7, 11) is 0. The van der Waals surface area contributed by atoms with Crippen molar-refractivity contribution in [2.75, 3.05) is 32.7 Å². The number of aliphatic imine (C=N–C) groups is 2. The van der Waals surface area contributed by atoms with Crippen LogP contribution in [0.5, 0.6) is 0 Å². The molecule has 75 heavy (non-hydrogen) atoms. The number of aliphatic carboxylic acids is 1. The summed E-state index contributed by atoms with van der Waals surface area (Å²) in [6, 6.07) is -0.0639. The van der Waals surface area contributed by atoms with Gasteiger partial charge in [0.15, 0.2) is 11.9 Å². The van der Waals surface area contributed by atoms with Crippen LogP contribution in [0.1, 0.15) is 123 Å². The summed E-state index contributed by atoms with van der Waals surface area (Å²) >= 11 is 0. The van der Waals surface area contributed by atoms with Crippen LogP contribution in [0.2, 0.25) is 0 Å². The maximum Gasteiger partial charge on any atom is 0.326 e. The largest absolute Gasteiger partial charge is 0.480 e. The Labute approximate surface area is 441 Å². The van der Waals surface area contributed by atoms with E-state index >= 15 is 0 Å². The van der Waals surface area contributed by atoms with Crippen molar-refractivity contribution in [2.24, 2.45) is 62.0 Å². The zero-order chi connectivity index (χ0) is 56.0. The van der Waals surface area contributed by atoms with Gasteiger partial charge in [0.2, 0.25) is 41.4 Å². The fourth-order valence-corrected chi connectivity index (χ4v) is 8.52. The summed E-state index contributed by atoms with van der Waals surface area (Å²) < 4.78 is 0. The van der Waals surface area contributed by atoms with Gasteiger partial charge in [0.25, 0.3) is 0 Å². The van der Waals surface area contributed by atoms with Gasteiger partial charge >= 0.3 is 5.97 Å². The van der Waals surface area contributed by atoms with Crippen LogP contribution in [0, 0.1) is 11.8 Å². The molecule has 25 nitrogen and oxygen atoms in total. The summed E-state index contributed by atoms with van der Waals surface area (Å²) in [6.07, 6.45) is 4.27. The maximum atomic E-state index is 14.7. The van der Waals surface area contributed by atoms with E-state index < -0.39 is 102 Å². The number of carboxylic acids is 1. The molecule has 1 aromatic rings. The van der Waals surface area contributed by atoms with Crippen LogP contribution in [0.15, 0.2) is 40.3 Å². The molecule has 0 radical (unpaired) electrons. The van der Waals surface area contributed by atoms with Gasteiger partial charge in [-0.3, -0.25) is 43.5 Å². The first-order chi connectivity index (χ1) is 35.6. The predicted octanol–water partition coefficient (Wildman–Crippen LogP) is -2.00. The van der Waals surface area contributed by atoms with Gasteiger partial charge in [0, 0.05) is 19.6 Å². The highest BCUT2D eigenvalue weighted by atomic mass is 16.4. The first kappa shape index (κ1) is 64.5. The fraction of sp³-hybridized carbons (Fsp3) is 0.680. The van der Waals surface area contributed by atoms with Crippen LogP contribution in [-0.2, 0) is 44.8 Å². The van der Waals surface area contributed by atoms with Gasteiger partial charge in [0.1, 0.15) is 42.3 Å². The quantitative estimate of drug-likeness (QED) is 0.0196. The zero-order valence-electron chi connectivity index (χ0n) is 44.4. The van der Waals surface area contributed by atoms with Crippen molar-refractivity contribution in [1.29, 1.82) is 0 Å². The molecule has 2 rings (SSSR count). The number of hydrogen-bond donors (Lipinski definition) is 14. The van der Waals surface area contributed by atoms with Gasteiger partial charge in [-0.15, -0.1) is 0 Å². The molecule has 1 aromatic carbocycles. The SMILES string of the molecule is CC[C@H](C)[C@H](NC(=O)[C@H](CCCN=C(N)N)NC(=O)[C@@H](N)Cc1ccccc1)C(=O)N[C@@H](CCCN=C(N)N)C(=O)N1CCC[C@H]1C(=O)N[C@@H](CCCCN)C(=O)N[C@@H](CC(C)C)C(=O)N[C@@H](CCCCN)C(=O)O. The summed E-state index contributed by atoms with van der Waals surface area (Å²) in [5.74, 6) is -6.73. The first-order valence-corrected chi connectivity index (χ1v) is 26.3. The highest BCUT2D eigenvalue weighted by molar-refractivity contribution is 5.98. The number of carboxylic acid groups (broad SMARTS) is 1. The van der Waals surface area contributed by atoms with E-state index in [1.807, 2.05) is 51.1 Å². The number of benzene rings is 1. The van der Waals surface area contributed by atoms with Crippen molar-refractivity contribution in [3.8, 4) is 0 Å². The average Bonchev–Trinajstić information content (AvgIpc) is 3.86. The van der Waals surface area contributed by atoms with Gasteiger partial charge in [-0.2, -0.15) is 0 Å². The minimum absolute atomic E-state index is 0.0231. The molecule has 0 aromatic heterocycles. The zero-order valence-corrected chi connectivity index (χ0v) is 44.4. The number of carbonyl (C=O) groups is 8. The Balaban J connectivity index is 2.42. The van der Waals surface area contributed by atoms with Crippen LogP contribution in [0.25, 0.3) is 0 Å². The van der Waals surface area contributed by atoms with Crippen molar-refractivity contribution >= 4 is 59.2 Å². The van der Waals surface area contributed by atoms with Gasteiger partial charge in [0.05, 0.1) is 6.04 Å². The number of rotatable bonds is 36. The van der Waals surface area contributed by atoms with E-state index in [9.17, 15) is 43.5 Å². The Morgan fingerprint density at radius 1 is 0.640 bits per heavy atom. The van der Waals surface area contributed by atoms with E-state index in [2.05, 4.69) is 41.9 Å². The number of nitrogens with one attached hydrogen (secondary N) is 6. The number of amides is 7. The Hall–Kier alpha value is -6.60. The van der Waals surface area contributed by atoms with Gasteiger partial charge < -0.3 is 82.0 Å². The molecule has 0 spiro atoms. The summed E-state index contributed by atoms with van der Waals surface area (Å²) in [5, 5.41) is 26.3. The Morgan fingerprint density at radius 2 is 1.13 bits per heavy atom. The fourth-order valence-electron chi connectivity index (χ4n) is 8.52. The molecule has 7 amide bonds. The van der Waals surface area contributed by atoms with Crippen LogP contribution < -0.4 is 72.0 Å². The second-order valence-corrected chi connectivity index (χ2v) is 19.6. The van der Waals surface area contributed by atoms with E-state index in [0.717, 1.165) is 5.56 Å². The van der Waals surface area contributed by atoms with E-state index in [-0.39, 0.29) is 95.3 Å². The minimum atomic E-state index is -1.24. The second kappa shape index (κ2) is 34.8. The molecule has 0 bridgehead atoms. The lowest BCUT2D eigenvalue weighted by Crippen LogP contribution is -2.60. The number of nitrogens with zero attached hydrogens (tertiary/aromatic N) is 3. The lowest BCUT2D eigenvalue weighted by atomic mass is 9.96. The third-order valence-electron chi connectivity index (χ3n) is 12.9. The highest BCUT2D eigenvalue weighted by Crippen LogP contribution is 2.21. The lowest BCUT2D eigenvalue weighted by Gasteiger charge is -2.32. The van der Waals surface area contributed by atoms with Gasteiger partial charge in [-0.25, -0.2) is 4.79 Å². The molecule has 0 saturated carbocycles. The van der Waals surface area contributed by atoms with Crippen molar-refractivity contribution < 1.29 is 43.5 Å². The maximum absolute atomic E-state index is 14.7. The third-order valence-corrected chi connectivity index (χ3v) is 12.9. The Bertz CT molecular complexity index is 2040. The van der Waals surface area contributed by atoms with Gasteiger partial charge in [-0.05, 0) is 120 Å². The summed E-state index contributed by atoms with van der Waals surface area (Å²) in [6.45, 7) is 8.31. The monoisotopic (exact) mass is 1060 g/mol. The smallest absolute Gasteiger partial charge is 0.326 e. The Morgan fingerprint density at radius 3 is 1.68 bits per heavy atom. The molecule has 9 atom stereocenters. The number of carbonyl (C=O) groups excluding carboxylic acids is 7. The third kappa shape index (κ3) is 24.1. The van der Waals surface area contributed by atoms with E-state index in [1.54, 1.807) is 6.92 Å². The molecule has 1 fully saturated rings. The molecule has 0 unspecified atom stereocenters. The molecule has 0 aliphatic carbocycles. The topological polar surface area (TPSA) is 439 Å². The van der Waals surface area contributed by atoms with Crippen LogP contribution >= 0.6 is 0 Å². The standard InChI is InChI=1S/C50H88N16O9/c1-5-31(4)40(65-43(69)35(20-13-25-58-49(54)55)60-41(67)33(53)29-32-16-7-6-8-17-32)46(72)62-36(21-14-26-59-50(56)57)47(73)66-27-15-22-39(66)45(71)61-34(18-9-11-23-51)42(68)64-38(28-30(2)3)44(70)63-37(48(74)75)19-10-12-24-52/h6-8,16-17,30-31,33-40H,5,9-15,18-29,51-53H2,1-4H3,(H,60,67)(H,61,71)(H,62,72)(H,63,70)(H,64,68)(H,65,69)(H,74,75)(H4,54,55,58)(H4,56,57,59)/t31-,33-,34-,35-,36-,37-,38-,39-,40-/m0/s1. The molecule has 1 aliphatic heterocycles. The van der Waals surface area contributed by atoms with E-state index in [4.69, 9.17) is 40.1 Å². The number of guanidine groups is 2.